The highest BCUT2D eigenvalue weighted by Crippen LogP contribution is 2.13. The van der Waals surface area contributed by atoms with Crippen LogP contribution in [0, 0.1) is 12.7 Å². The molecule has 2 N–H and O–H groups in total. The molecule has 1 heterocycles. The standard InChI is InChI=1S/C18H23FN4O/c1-13-6-4-8-16(23-13)12-22-18(20-3)21-11-14(2)24-17-9-5-7-15(19)10-17/h4-10,14H,11-12H2,1-3H3,(H2,20,21,22). The zero-order valence-corrected chi connectivity index (χ0v) is 14.2. The molecule has 1 aromatic heterocycles. The monoisotopic (exact) mass is 330 g/mol. The first-order valence-electron chi connectivity index (χ1n) is 7.86. The van der Waals surface area contributed by atoms with E-state index in [1.807, 2.05) is 32.0 Å². The lowest BCUT2D eigenvalue weighted by Crippen LogP contribution is -2.41. The van der Waals surface area contributed by atoms with Crippen LogP contribution in [0.4, 0.5) is 4.39 Å². The molecule has 2 aromatic rings. The molecule has 0 saturated carbocycles. The van der Waals surface area contributed by atoms with Gasteiger partial charge in [-0.25, -0.2) is 4.39 Å². The Labute approximate surface area is 142 Å². The number of ether oxygens (including phenoxy) is 1. The van der Waals surface area contributed by atoms with Crippen molar-refractivity contribution in [2.75, 3.05) is 13.6 Å². The number of guanidine groups is 1. The highest BCUT2D eigenvalue weighted by atomic mass is 19.1. The summed E-state index contributed by atoms with van der Waals surface area (Å²) < 4.78 is 18.8. The molecule has 0 bridgehead atoms. The van der Waals surface area contributed by atoms with E-state index in [1.165, 1.54) is 12.1 Å². The lowest BCUT2D eigenvalue weighted by atomic mass is 10.3. The van der Waals surface area contributed by atoms with E-state index in [2.05, 4.69) is 20.6 Å². The van der Waals surface area contributed by atoms with Gasteiger partial charge in [-0.3, -0.25) is 9.98 Å². The van der Waals surface area contributed by atoms with Gasteiger partial charge in [0.1, 0.15) is 17.7 Å². The molecular formula is C18H23FN4O. The lowest BCUT2D eigenvalue weighted by molar-refractivity contribution is 0.223. The molecule has 128 valence electrons. The van der Waals surface area contributed by atoms with E-state index in [1.54, 1.807) is 19.2 Å². The Morgan fingerprint density at radius 2 is 2.04 bits per heavy atom. The normalized spacial score (nSPS) is 12.6. The van der Waals surface area contributed by atoms with E-state index in [0.717, 1.165) is 11.4 Å². The first kappa shape index (κ1) is 17.7. The number of nitrogens with zero attached hydrogens (tertiary/aromatic N) is 2. The maximum Gasteiger partial charge on any atom is 0.191 e. The molecule has 0 spiro atoms. The van der Waals surface area contributed by atoms with Gasteiger partial charge in [0.05, 0.1) is 18.8 Å². The molecule has 1 atom stereocenters. The third kappa shape index (κ3) is 5.87. The number of hydrogen-bond donors (Lipinski definition) is 2. The summed E-state index contributed by atoms with van der Waals surface area (Å²) in [5.74, 6) is 0.861. The minimum absolute atomic E-state index is 0.137. The zero-order chi connectivity index (χ0) is 17.4. The van der Waals surface area contributed by atoms with E-state index >= 15 is 0 Å². The molecule has 1 unspecified atom stereocenters. The topological polar surface area (TPSA) is 58.5 Å². The third-order valence-electron chi connectivity index (χ3n) is 3.30. The quantitative estimate of drug-likeness (QED) is 0.631. The second-order valence-electron chi connectivity index (χ2n) is 5.46. The smallest absolute Gasteiger partial charge is 0.191 e. The molecule has 5 nitrogen and oxygen atoms in total. The number of pyridine rings is 1. The Kier molecular flexibility index (Phi) is 6.54. The first-order chi connectivity index (χ1) is 11.6. The van der Waals surface area contributed by atoms with Gasteiger partial charge in [-0.05, 0) is 38.1 Å². The molecule has 1 aromatic carbocycles. The highest BCUT2D eigenvalue weighted by molar-refractivity contribution is 5.79. The van der Waals surface area contributed by atoms with Gasteiger partial charge < -0.3 is 15.4 Å². The number of benzene rings is 1. The first-order valence-corrected chi connectivity index (χ1v) is 7.86. The van der Waals surface area contributed by atoms with Crippen LogP contribution in [0.5, 0.6) is 5.75 Å². The Hall–Kier alpha value is -2.63. The van der Waals surface area contributed by atoms with Gasteiger partial charge in [0, 0.05) is 18.8 Å². The van der Waals surface area contributed by atoms with Gasteiger partial charge in [0.15, 0.2) is 5.96 Å². The van der Waals surface area contributed by atoms with Gasteiger partial charge in [-0.15, -0.1) is 0 Å². The van der Waals surface area contributed by atoms with Crippen LogP contribution in [-0.2, 0) is 6.54 Å². The maximum atomic E-state index is 13.1. The number of aromatic nitrogens is 1. The second-order valence-corrected chi connectivity index (χ2v) is 5.46. The fourth-order valence-corrected chi connectivity index (χ4v) is 2.15. The summed E-state index contributed by atoms with van der Waals surface area (Å²) in [6, 6.07) is 12.0. The van der Waals surface area contributed by atoms with Gasteiger partial charge in [0.25, 0.3) is 0 Å². The summed E-state index contributed by atoms with van der Waals surface area (Å²) in [7, 11) is 1.71. The fourth-order valence-electron chi connectivity index (χ4n) is 2.15. The lowest BCUT2D eigenvalue weighted by Gasteiger charge is -2.17. The summed E-state index contributed by atoms with van der Waals surface area (Å²) in [5.41, 5.74) is 1.93. The minimum atomic E-state index is -0.309. The van der Waals surface area contributed by atoms with Crippen LogP contribution < -0.4 is 15.4 Å². The van der Waals surface area contributed by atoms with Crippen LogP contribution in [0.1, 0.15) is 18.3 Å². The van der Waals surface area contributed by atoms with Crippen LogP contribution >= 0.6 is 0 Å². The van der Waals surface area contributed by atoms with Crippen LogP contribution in [-0.4, -0.2) is 30.6 Å². The minimum Gasteiger partial charge on any atom is -0.489 e. The van der Waals surface area contributed by atoms with Crippen LogP contribution in [0.15, 0.2) is 47.5 Å². The number of rotatable bonds is 6. The van der Waals surface area contributed by atoms with Gasteiger partial charge in [-0.1, -0.05) is 12.1 Å². The van der Waals surface area contributed by atoms with E-state index in [4.69, 9.17) is 4.74 Å². The molecule has 0 fully saturated rings. The number of halogens is 1. The third-order valence-corrected chi connectivity index (χ3v) is 3.30. The van der Waals surface area contributed by atoms with Gasteiger partial charge >= 0.3 is 0 Å². The highest BCUT2D eigenvalue weighted by Gasteiger charge is 2.06. The molecule has 0 aliphatic carbocycles. The second kappa shape index (κ2) is 8.86. The number of aliphatic imine (C=N–C) groups is 1. The average Bonchev–Trinajstić information content (AvgIpc) is 2.55. The number of nitrogens with one attached hydrogen (secondary N) is 2. The van der Waals surface area contributed by atoms with Crippen LogP contribution in [0.3, 0.4) is 0 Å². The van der Waals surface area contributed by atoms with E-state index in [0.29, 0.717) is 24.8 Å². The fraction of sp³-hybridized carbons (Fsp3) is 0.333. The number of aryl methyl sites for hydroxylation is 1. The van der Waals surface area contributed by atoms with Crippen molar-refractivity contribution in [2.45, 2.75) is 26.5 Å². The molecule has 0 amide bonds. The summed E-state index contributed by atoms with van der Waals surface area (Å²) in [6.45, 7) is 4.99. The van der Waals surface area contributed by atoms with Crippen molar-refractivity contribution in [3.05, 3.63) is 59.7 Å². The van der Waals surface area contributed by atoms with Crippen molar-refractivity contribution in [2.24, 2.45) is 4.99 Å². The largest absolute Gasteiger partial charge is 0.489 e. The molecule has 2 rings (SSSR count). The van der Waals surface area contributed by atoms with Crippen molar-refractivity contribution in [3.63, 3.8) is 0 Å². The molecule has 0 saturated heterocycles. The van der Waals surface area contributed by atoms with Crippen molar-refractivity contribution in [1.82, 2.24) is 15.6 Å². The summed E-state index contributed by atoms with van der Waals surface area (Å²) in [6.07, 6.45) is -0.137. The predicted molar refractivity (Wildman–Crippen MR) is 93.7 cm³/mol. The van der Waals surface area contributed by atoms with Gasteiger partial charge in [-0.2, -0.15) is 0 Å². The van der Waals surface area contributed by atoms with Crippen molar-refractivity contribution in [3.8, 4) is 5.75 Å². The predicted octanol–water partition coefficient (Wildman–Crippen LogP) is 2.66. The van der Waals surface area contributed by atoms with Crippen LogP contribution in [0.2, 0.25) is 0 Å². The van der Waals surface area contributed by atoms with Gasteiger partial charge in [0.2, 0.25) is 0 Å². The SMILES string of the molecule is CN=C(NCc1cccc(C)n1)NCC(C)Oc1cccc(F)c1. The molecule has 0 radical (unpaired) electrons. The zero-order valence-electron chi connectivity index (χ0n) is 14.2. The van der Waals surface area contributed by atoms with Crippen LogP contribution in [0.25, 0.3) is 0 Å². The Balaban J connectivity index is 1.78. The summed E-state index contributed by atoms with van der Waals surface area (Å²) in [4.78, 5) is 8.60. The average molecular weight is 330 g/mol. The van der Waals surface area contributed by atoms with E-state index in [9.17, 15) is 4.39 Å². The Morgan fingerprint density at radius 1 is 1.25 bits per heavy atom. The number of hydrogen-bond acceptors (Lipinski definition) is 3. The maximum absolute atomic E-state index is 13.1. The molecular weight excluding hydrogens is 307 g/mol. The Morgan fingerprint density at radius 3 is 2.75 bits per heavy atom. The van der Waals surface area contributed by atoms with Crippen molar-refractivity contribution in [1.29, 1.82) is 0 Å². The summed E-state index contributed by atoms with van der Waals surface area (Å²) in [5, 5.41) is 6.38. The Bertz CT molecular complexity index is 690. The van der Waals surface area contributed by atoms with E-state index < -0.39 is 0 Å². The van der Waals surface area contributed by atoms with Crippen molar-refractivity contribution < 1.29 is 9.13 Å². The molecule has 24 heavy (non-hydrogen) atoms. The molecule has 0 aliphatic rings. The molecule has 0 aliphatic heterocycles. The van der Waals surface area contributed by atoms with Crippen molar-refractivity contribution >= 4 is 5.96 Å². The summed E-state index contributed by atoms with van der Waals surface area (Å²) >= 11 is 0. The molecule has 6 heteroatoms. The van der Waals surface area contributed by atoms with E-state index in [-0.39, 0.29) is 11.9 Å².